The summed E-state index contributed by atoms with van der Waals surface area (Å²) in [6.07, 6.45) is 8.08. The molecule has 3 heterocycles. The van der Waals surface area contributed by atoms with E-state index < -0.39 is 0 Å². The number of hydrogen-bond donors (Lipinski definition) is 3. The molecule has 46 heavy (non-hydrogen) atoms. The fourth-order valence-corrected chi connectivity index (χ4v) is 8.57. The lowest BCUT2D eigenvalue weighted by Crippen LogP contribution is -2.59. The minimum atomic E-state index is -0.206. The van der Waals surface area contributed by atoms with Gasteiger partial charge in [0.15, 0.2) is 0 Å². The number of nitrogens with one attached hydrogen (secondary N) is 3. The predicted octanol–water partition coefficient (Wildman–Crippen LogP) is 9.67. The quantitative estimate of drug-likeness (QED) is 0.176. The normalized spacial score (nSPS) is 23.5. The van der Waals surface area contributed by atoms with Crippen LogP contribution in [0.1, 0.15) is 61.8 Å². The Labute approximate surface area is 278 Å². The molecule has 0 amide bonds. The molecular formula is C41H37BrN4. The number of benzene rings is 5. The lowest BCUT2D eigenvalue weighted by molar-refractivity contribution is 0.223. The molecular weight excluding hydrogens is 628 g/mol. The van der Waals surface area contributed by atoms with Crippen LogP contribution in [0.2, 0.25) is 0 Å². The van der Waals surface area contributed by atoms with E-state index in [0.29, 0.717) is 5.92 Å². The lowest BCUT2D eigenvalue weighted by atomic mass is 9.74. The van der Waals surface area contributed by atoms with Crippen molar-refractivity contribution in [3.8, 4) is 5.69 Å². The average molecular weight is 666 g/mol. The van der Waals surface area contributed by atoms with E-state index in [1.165, 1.54) is 66.1 Å². The highest BCUT2D eigenvalue weighted by atomic mass is 79.9. The predicted molar refractivity (Wildman–Crippen MR) is 194 cm³/mol. The van der Waals surface area contributed by atoms with E-state index in [1.807, 2.05) is 0 Å². The molecule has 1 aromatic heterocycles. The van der Waals surface area contributed by atoms with Crippen molar-refractivity contribution in [1.29, 1.82) is 0 Å². The summed E-state index contributed by atoms with van der Waals surface area (Å²) in [5.74, 6) is 0.529. The number of halogens is 1. The van der Waals surface area contributed by atoms with Gasteiger partial charge in [0.1, 0.15) is 0 Å². The van der Waals surface area contributed by atoms with Crippen LogP contribution in [0, 0.1) is 5.92 Å². The van der Waals surface area contributed by atoms with E-state index in [-0.39, 0.29) is 23.9 Å². The largest absolute Gasteiger partial charge is 0.309 e. The van der Waals surface area contributed by atoms with Crippen molar-refractivity contribution in [2.24, 2.45) is 5.92 Å². The van der Waals surface area contributed by atoms with E-state index in [1.54, 1.807) is 0 Å². The van der Waals surface area contributed by atoms with Gasteiger partial charge in [-0.25, -0.2) is 0 Å². The van der Waals surface area contributed by atoms with Gasteiger partial charge in [-0.2, -0.15) is 0 Å². The highest BCUT2D eigenvalue weighted by Gasteiger charge is 2.37. The summed E-state index contributed by atoms with van der Waals surface area (Å²) in [6.45, 7) is 7.06. The van der Waals surface area contributed by atoms with Gasteiger partial charge in [-0.1, -0.05) is 122 Å². The highest BCUT2D eigenvalue weighted by molar-refractivity contribution is 9.10. The Kier molecular flexibility index (Phi) is 6.45. The fourth-order valence-electron chi connectivity index (χ4n) is 8.11. The van der Waals surface area contributed by atoms with Gasteiger partial charge < -0.3 is 4.57 Å². The van der Waals surface area contributed by atoms with Crippen LogP contribution >= 0.6 is 15.9 Å². The monoisotopic (exact) mass is 664 g/mol. The van der Waals surface area contributed by atoms with E-state index in [0.717, 1.165) is 10.9 Å². The summed E-state index contributed by atoms with van der Waals surface area (Å²) in [4.78, 5) is 0. The Bertz CT molecular complexity index is 2240. The molecule has 4 unspecified atom stereocenters. The number of rotatable bonds is 3. The molecule has 3 N–H and O–H groups in total. The minimum absolute atomic E-state index is 0.00556. The summed E-state index contributed by atoms with van der Waals surface area (Å²) >= 11 is 3.91. The van der Waals surface area contributed by atoms with E-state index >= 15 is 0 Å². The first-order valence-electron chi connectivity index (χ1n) is 16.4. The molecule has 9 rings (SSSR count). The first-order valence-corrected chi connectivity index (χ1v) is 17.2. The summed E-state index contributed by atoms with van der Waals surface area (Å²) < 4.78 is 3.63. The Morgan fingerprint density at radius 2 is 1.50 bits per heavy atom. The Hall–Kier alpha value is -4.00. The van der Waals surface area contributed by atoms with Gasteiger partial charge in [-0.15, -0.1) is 0 Å². The summed E-state index contributed by atoms with van der Waals surface area (Å²) in [7, 11) is 0. The van der Waals surface area contributed by atoms with Gasteiger partial charge in [0.2, 0.25) is 0 Å². The SMILES string of the molecule is CC1C=C(C2NC(c3ccccc3)NC(c3ccc4c(c3)C(C)(C)c3cc(Br)cc5c6c7ccccc7ccc6n-4c35)N2)C=CC1. The number of aromatic nitrogens is 1. The molecule has 4 atom stereocenters. The van der Waals surface area contributed by atoms with Gasteiger partial charge in [-0.3, -0.25) is 16.0 Å². The Morgan fingerprint density at radius 1 is 0.739 bits per heavy atom. The second-order valence-electron chi connectivity index (χ2n) is 13.8. The molecule has 0 spiro atoms. The molecule has 0 saturated carbocycles. The van der Waals surface area contributed by atoms with Crippen molar-refractivity contribution in [2.45, 2.75) is 51.1 Å². The first-order chi connectivity index (χ1) is 22.4. The van der Waals surface area contributed by atoms with Gasteiger partial charge >= 0.3 is 0 Å². The molecule has 0 bridgehead atoms. The van der Waals surface area contributed by atoms with E-state index in [2.05, 4.69) is 173 Å². The third-order valence-corrected chi connectivity index (χ3v) is 10.9. The molecule has 1 saturated heterocycles. The van der Waals surface area contributed by atoms with Crippen LogP contribution in [0.25, 0.3) is 38.3 Å². The lowest BCUT2D eigenvalue weighted by Gasteiger charge is -2.41. The summed E-state index contributed by atoms with van der Waals surface area (Å²) in [5, 5.41) is 16.9. The van der Waals surface area contributed by atoms with Crippen LogP contribution in [0.4, 0.5) is 0 Å². The van der Waals surface area contributed by atoms with Crippen molar-refractivity contribution in [3.63, 3.8) is 0 Å². The van der Waals surface area contributed by atoms with Crippen molar-refractivity contribution in [1.82, 2.24) is 20.5 Å². The van der Waals surface area contributed by atoms with Crippen molar-refractivity contribution >= 4 is 48.5 Å². The van der Waals surface area contributed by atoms with Crippen LogP contribution < -0.4 is 16.0 Å². The molecule has 6 aromatic rings. The van der Waals surface area contributed by atoms with Crippen LogP contribution in [0.3, 0.4) is 0 Å². The third-order valence-electron chi connectivity index (χ3n) is 10.4. The van der Waals surface area contributed by atoms with Crippen molar-refractivity contribution < 1.29 is 0 Å². The molecule has 0 radical (unpaired) electrons. The number of nitrogens with zero attached hydrogens (tertiary/aromatic N) is 1. The highest BCUT2D eigenvalue weighted by Crippen LogP contribution is 2.50. The first kappa shape index (κ1) is 28.2. The third kappa shape index (κ3) is 4.30. The van der Waals surface area contributed by atoms with Crippen molar-refractivity contribution in [2.75, 3.05) is 0 Å². The van der Waals surface area contributed by atoms with Crippen molar-refractivity contribution in [3.05, 3.63) is 148 Å². The number of hydrogen-bond acceptors (Lipinski definition) is 3. The maximum Gasteiger partial charge on any atom is 0.0864 e. The second-order valence-corrected chi connectivity index (χ2v) is 14.7. The molecule has 3 aliphatic rings. The molecule has 1 aliphatic carbocycles. The maximum absolute atomic E-state index is 3.93. The molecule has 5 aromatic carbocycles. The minimum Gasteiger partial charge on any atom is -0.309 e. The van der Waals surface area contributed by atoms with Crippen LogP contribution in [-0.4, -0.2) is 10.7 Å². The standard InChI is InChI=1S/C41H37BrN4/c1-24-10-9-14-27(20-24)39-43-38(26-12-5-4-6-13-26)44-40(45-39)28-17-18-34-32(21-28)41(2,3)33-23-29(42)22-31-36-30-15-8-7-11-25(30)16-19-35(36)46(34)37(31)33/h4-9,11-24,38-40,43-45H,10H2,1-3H3. The van der Waals surface area contributed by atoms with Crippen LogP contribution in [-0.2, 0) is 5.41 Å². The maximum atomic E-state index is 3.93. The zero-order chi connectivity index (χ0) is 31.2. The van der Waals surface area contributed by atoms with E-state index in [9.17, 15) is 0 Å². The molecule has 228 valence electrons. The van der Waals surface area contributed by atoms with Gasteiger partial charge in [0.25, 0.3) is 0 Å². The van der Waals surface area contributed by atoms with E-state index in [4.69, 9.17) is 0 Å². The average Bonchev–Trinajstić information content (AvgIpc) is 3.42. The zero-order valence-corrected chi connectivity index (χ0v) is 27.9. The van der Waals surface area contributed by atoms with Gasteiger partial charge in [-0.05, 0) is 81.3 Å². The Balaban J connectivity index is 1.22. The van der Waals surface area contributed by atoms with Crippen LogP contribution in [0.15, 0.2) is 125 Å². The molecule has 4 nitrogen and oxygen atoms in total. The summed E-state index contributed by atoms with van der Waals surface area (Å²) in [6, 6.07) is 35.8. The zero-order valence-electron chi connectivity index (χ0n) is 26.3. The topological polar surface area (TPSA) is 41.0 Å². The van der Waals surface area contributed by atoms with Crippen LogP contribution in [0.5, 0.6) is 0 Å². The fraction of sp³-hybridized carbons (Fsp3) is 0.220. The number of allylic oxidation sites excluding steroid dienone is 2. The Morgan fingerprint density at radius 3 is 2.33 bits per heavy atom. The van der Waals surface area contributed by atoms with Gasteiger partial charge in [0.05, 0.1) is 35.2 Å². The second kappa shape index (κ2) is 10.5. The molecule has 1 fully saturated rings. The summed E-state index contributed by atoms with van der Waals surface area (Å²) in [5.41, 5.74) is 10.1. The van der Waals surface area contributed by atoms with Gasteiger partial charge in [0, 0.05) is 20.7 Å². The number of fused-ring (bicyclic) bond motifs is 7. The smallest absolute Gasteiger partial charge is 0.0864 e. The molecule has 2 aliphatic heterocycles. The molecule has 5 heteroatoms.